The molecule has 0 saturated carbocycles. The maximum atomic E-state index is 13.4. The minimum Gasteiger partial charge on any atom is -0.494 e. The van der Waals surface area contributed by atoms with Crippen LogP contribution in [0, 0.1) is 11.3 Å². The van der Waals surface area contributed by atoms with Gasteiger partial charge in [0.1, 0.15) is 18.2 Å². The van der Waals surface area contributed by atoms with Gasteiger partial charge in [0, 0.05) is 16.8 Å². The number of anilines is 1. The van der Waals surface area contributed by atoms with Crippen molar-refractivity contribution in [1.29, 1.82) is 5.41 Å². The second kappa shape index (κ2) is 13.2. The SMILES string of the molecule is CC(C)CCOc1ccc(-c2ccccc2C(=O)Nc2ccc(C(=N)N)cc2)c(C(=O)OCc2ccccc2)c1. The van der Waals surface area contributed by atoms with Gasteiger partial charge in [0.2, 0.25) is 0 Å². The minimum atomic E-state index is -0.511. The Labute approximate surface area is 234 Å². The van der Waals surface area contributed by atoms with Crippen LogP contribution in [0.25, 0.3) is 11.1 Å². The number of benzene rings is 4. The van der Waals surface area contributed by atoms with Crippen molar-refractivity contribution in [3.05, 3.63) is 119 Å². The molecule has 0 unspecified atom stereocenters. The number of amides is 1. The van der Waals surface area contributed by atoms with E-state index in [1.165, 1.54) is 0 Å². The quantitative estimate of drug-likeness (QED) is 0.113. The summed E-state index contributed by atoms with van der Waals surface area (Å²) in [6, 6.07) is 28.6. The number of carbonyl (C=O) groups excluding carboxylic acids is 2. The van der Waals surface area contributed by atoms with Gasteiger partial charge in [-0.1, -0.05) is 62.4 Å². The number of esters is 1. The number of carbonyl (C=O) groups is 2. The van der Waals surface area contributed by atoms with Crippen LogP contribution in [0.4, 0.5) is 5.69 Å². The molecule has 0 aromatic heterocycles. The van der Waals surface area contributed by atoms with E-state index in [1.807, 2.05) is 36.4 Å². The molecule has 1 amide bonds. The van der Waals surface area contributed by atoms with Gasteiger partial charge in [-0.15, -0.1) is 0 Å². The monoisotopic (exact) mass is 535 g/mol. The van der Waals surface area contributed by atoms with Crippen LogP contribution in [0.5, 0.6) is 5.75 Å². The molecule has 0 heterocycles. The summed E-state index contributed by atoms with van der Waals surface area (Å²) in [4.78, 5) is 26.8. The van der Waals surface area contributed by atoms with Crippen molar-refractivity contribution < 1.29 is 19.1 Å². The van der Waals surface area contributed by atoms with Gasteiger partial charge >= 0.3 is 5.97 Å². The van der Waals surface area contributed by atoms with E-state index < -0.39 is 5.97 Å². The van der Waals surface area contributed by atoms with Crippen LogP contribution in [0.3, 0.4) is 0 Å². The first-order chi connectivity index (χ1) is 19.3. The van der Waals surface area contributed by atoms with Crippen molar-refractivity contribution >= 4 is 23.4 Å². The van der Waals surface area contributed by atoms with Gasteiger partial charge in [-0.3, -0.25) is 10.2 Å². The molecule has 0 atom stereocenters. The van der Waals surface area contributed by atoms with Crippen LogP contribution in [0.2, 0.25) is 0 Å². The number of nitrogens with two attached hydrogens (primary N) is 1. The number of hydrogen-bond donors (Lipinski definition) is 3. The lowest BCUT2D eigenvalue weighted by Crippen LogP contribution is -2.15. The maximum Gasteiger partial charge on any atom is 0.339 e. The average molecular weight is 536 g/mol. The fraction of sp³-hybridized carbons (Fsp3) is 0.182. The molecule has 0 saturated heterocycles. The standard InChI is InChI=1S/C33H33N3O4/c1-22(2)18-19-39-26-16-17-28(30(20-26)33(38)40-21-23-8-4-3-5-9-23)27-10-6-7-11-29(27)32(37)36-25-14-12-24(13-15-25)31(34)35/h3-17,20,22H,18-19,21H2,1-2H3,(H3,34,35)(H,36,37). The maximum absolute atomic E-state index is 13.4. The molecule has 0 aliphatic heterocycles. The van der Waals surface area contributed by atoms with Gasteiger partial charge in [0.15, 0.2) is 0 Å². The smallest absolute Gasteiger partial charge is 0.339 e. The molecule has 4 aromatic rings. The molecule has 40 heavy (non-hydrogen) atoms. The van der Waals surface area contributed by atoms with Crippen LogP contribution in [0.15, 0.2) is 97.1 Å². The van der Waals surface area contributed by atoms with Crippen LogP contribution in [0.1, 0.15) is 52.1 Å². The lowest BCUT2D eigenvalue weighted by molar-refractivity contribution is 0.0473. The van der Waals surface area contributed by atoms with E-state index in [-0.39, 0.29) is 18.3 Å². The van der Waals surface area contributed by atoms with Crippen molar-refractivity contribution in [1.82, 2.24) is 0 Å². The number of hydrogen-bond acceptors (Lipinski definition) is 5. The van der Waals surface area contributed by atoms with Crippen LogP contribution in [-0.4, -0.2) is 24.3 Å². The average Bonchev–Trinajstić information content (AvgIpc) is 2.96. The molecule has 0 fully saturated rings. The van der Waals surface area contributed by atoms with Crippen molar-refractivity contribution in [2.45, 2.75) is 26.9 Å². The number of rotatable bonds is 11. The van der Waals surface area contributed by atoms with E-state index in [9.17, 15) is 9.59 Å². The minimum absolute atomic E-state index is 0.0495. The Bertz CT molecular complexity index is 1480. The zero-order chi connectivity index (χ0) is 28.5. The summed E-state index contributed by atoms with van der Waals surface area (Å²) < 4.78 is 11.6. The van der Waals surface area contributed by atoms with Gasteiger partial charge in [-0.25, -0.2) is 4.79 Å². The van der Waals surface area contributed by atoms with Crippen LogP contribution in [-0.2, 0) is 11.3 Å². The molecule has 0 spiro atoms. The molecule has 0 bridgehead atoms. The number of amidine groups is 1. The lowest BCUT2D eigenvalue weighted by Gasteiger charge is -2.16. The number of nitrogen functional groups attached to an aromatic ring is 1. The molecular weight excluding hydrogens is 502 g/mol. The fourth-order valence-electron chi connectivity index (χ4n) is 4.08. The third kappa shape index (κ3) is 7.35. The summed E-state index contributed by atoms with van der Waals surface area (Å²) in [6.45, 7) is 4.89. The highest BCUT2D eigenvalue weighted by Crippen LogP contribution is 2.32. The van der Waals surface area contributed by atoms with E-state index in [4.69, 9.17) is 20.6 Å². The van der Waals surface area contributed by atoms with Crippen molar-refractivity contribution in [3.63, 3.8) is 0 Å². The summed E-state index contributed by atoms with van der Waals surface area (Å²) in [7, 11) is 0. The fourth-order valence-corrected chi connectivity index (χ4v) is 4.08. The molecular formula is C33H33N3O4. The Morgan fingerprint density at radius 1 is 0.850 bits per heavy atom. The van der Waals surface area contributed by atoms with Gasteiger partial charge in [-0.05, 0) is 77.6 Å². The predicted octanol–water partition coefficient (Wildman–Crippen LogP) is 6.67. The predicted molar refractivity (Wildman–Crippen MR) is 158 cm³/mol. The third-order valence-corrected chi connectivity index (χ3v) is 6.30. The zero-order valence-corrected chi connectivity index (χ0v) is 22.6. The topological polar surface area (TPSA) is 115 Å². The normalized spacial score (nSPS) is 10.7. The Hall–Kier alpha value is -4.91. The highest BCUT2D eigenvalue weighted by molar-refractivity contribution is 6.10. The first kappa shape index (κ1) is 28.1. The summed E-state index contributed by atoms with van der Waals surface area (Å²) in [5.74, 6) is 0.143. The van der Waals surface area contributed by atoms with E-state index in [0.29, 0.717) is 51.8 Å². The molecule has 7 nitrogen and oxygen atoms in total. The molecule has 4 N–H and O–H groups in total. The van der Waals surface area contributed by atoms with Gasteiger partial charge in [0.25, 0.3) is 5.91 Å². The highest BCUT2D eigenvalue weighted by Gasteiger charge is 2.21. The van der Waals surface area contributed by atoms with E-state index in [2.05, 4.69) is 19.2 Å². The first-order valence-corrected chi connectivity index (χ1v) is 13.1. The van der Waals surface area contributed by atoms with Crippen molar-refractivity contribution in [2.24, 2.45) is 11.7 Å². The summed E-state index contributed by atoms with van der Waals surface area (Å²) in [5.41, 5.74) is 9.37. The zero-order valence-electron chi connectivity index (χ0n) is 22.6. The number of nitrogens with one attached hydrogen (secondary N) is 2. The van der Waals surface area contributed by atoms with Crippen LogP contribution < -0.4 is 15.8 Å². The molecule has 4 aromatic carbocycles. The van der Waals surface area contributed by atoms with Crippen molar-refractivity contribution in [3.8, 4) is 16.9 Å². The molecule has 0 aliphatic carbocycles. The largest absolute Gasteiger partial charge is 0.494 e. The number of ether oxygens (including phenoxy) is 2. The molecule has 204 valence electrons. The second-order valence-electron chi connectivity index (χ2n) is 9.79. The second-order valence-corrected chi connectivity index (χ2v) is 9.79. The summed E-state index contributed by atoms with van der Waals surface area (Å²) in [5, 5.41) is 10.4. The molecule has 0 radical (unpaired) electrons. The van der Waals surface area contributed by atoms with E-state index >= 15 is 0 Å². The lowest BCUT2D eigenvalue weighted by atomic mass is 9.94. The molecule has 0 aliphatic rings. The Morgan fingerprint density at radius 2 is 1.52 bits per heavy atom. The molecule has 4 rings (SSSR count). The van der Waals surface area contributed by atoms with E-state index in [1.54, 1.807) is 60.7 Å². The van der Waals surface area contributed by atoms with Crippen molar-refractivity contribution in [2.75, 3.05) is 11.9 Å². The Balaban J connectivity index is 1.65. The first-order valence-electron chi connectivity index (χ1n) is 13.1. The van der Waals surface area contributed by atoms with Gasteiger partial charge in [0.05, 0.1) is 12.2 Å². The third-order valence-electron chi connectivity index (χ3n) is 6.30. The summed E-state index contributed by atoms with van der Waals surface area (Å²) >= 11 is 0. The Morgan fingerprint density at radius 3 is 2.23 bits per heavy atom. The Kier molecular flexibility index (Phi) is 9.31. The van der Waals surface area contributed by atoms with Gasteiger partial charge < -0.3 is 20.5 Å². The molecule has 7 heteroatoms. The van der Waals surface area contributed by atoms with E-state index in [0.717, 1.165) is 12.0 Å². The summed E-state index contributed by atoms with van der Waals surface area (Å²) in [6.07, 6.45) is 0.881. The highest BCUT2D eigenvalue weighted by atomic mass is 16.5. The van der Waals surface area contributed by atoms with Crippen LogP contribution >= 0.6 is 0 Å². The van der Waals surface area contributed by atoms with Gasteiger partial charge in [-0.2, -0.15) is 0 Å².